The highest BCUT2D eigenvalue weighted by molar-refractivity contribution is 5.06. The third-order valence-electron chi connectivity index (χ3n) is 4.12. The van der Waals surface area contributed by atoms with Gasteiger partial charge in [-0.1, -0.05) is 31.8 Å². The fraction of sp³-hybridized carbons (Fsp3) is 0.786. The molecule has 1 radical (unpaired) electrons. The normalized spacial score (nSPS) is 30.7. The molecule has 0 heterocycles. The second-order valence-corrected chi connectivity index (χ2v) is 5.02. The van der Waals surface area contributed by atoms with Crippen LogP contribution >= 0.6 is 0 Å². The van der Waals surface area contributed by atoms with Crippen LogP contribution in [-0.2, 0) is 0 Å². The van der Waals surface area contributed by atoms with Crippen LogP contribution in [0.2, 0.25) is 0 Å². The first kappa shape index (κ1) is 10.3. The molecule has 0 saturated heterocycles. The summed E-state index contributed by atoms with van der Waals surface area (Å²) in [7, 11) is 0. The van der Waals surface area contributed by atoms with Crippen LogP contribution in [0.25, 0.3) is 0 Å². The molecule has 0 bridgehead atoms. The lowest BCUT2D eigenvalue weighted by Crippen LogP contribution is -2.23. The van der Waals surface area contributed by atoms with Gasteiger partial charge in [0.05, 0.1) is 0 Å². The van der Waals surface area contributed by atoms with E-state index in [1.165, 1.54) is 57.8 Å². The average Bonchev–Trinajstić information content (AvgIpc) is 2.72. The van der Waals surface area contributed by atoms with Gasteiger partial charge in [-0.15, -0.1) is 6.58 Å². The molecule has 0 spiro atoms. The molecular formula is C14H23. The molecule has 79 valence electrons. The molecule has 0 aromatic carbocycles. The first-order valence-corrected chi connectivity index (χ1v) is 6.38. The third-order valence-corrected chi connectivity index (χ3v) is 4.12. The van der Waals surface area contributed by atoms with Gasteiger partial charge in [-0.25, -0.2) is 0 Å². The second-order valence-electron chi connectivity index (χ2n) is 5.02. The van der Waals surface area contributed by atoms with Gasteiger partial charge in [0.1, 0.15) is 0 Å². The van der Waals surface area contributed by atoms with E-state index in [0.29, 0.717) is 0 Å². The van der Waals surface area contributed by atoms with Crippen molar-refractivity contribution in [2.45, 2.75) is 57.8 Å². The summed E-state index contributed by atoms with van der Waals surface area (Å²) in [6, 6.07) is 0. The highest BCUT2D eigenvalue weighted by Gasteiger charge is 2.32. The van der Waals surface area contributed by atoms with Crippen molar-refractivity contribution in [3.05, 3.63) is 18.6 Å². The topological polar surface area (TPSA) is 0 Å². The fourth-order valence-corrected chi connectivity index (χ4v) is 3.41. The molecule has 0 aromatic heterocycles. The molecule has 0 heteroatoms. The van der Waals surface area contributed by atoms with E-state index in [9.17, 15) is 0 Å². The highest BCUT2D eigenvalue weighted by Crippen LogP contribution is 2.45. The standard InChI is InChI=1S/C14H23/c1-2-7-12-8-5-6-11-14(12)13-9-3-4-10-13/h2,12-13H,1,3-11H2. The van der Waals surface area contributed by atoms with Crippen molar-refractivity contribution < 1.29 is 0 Å². The molecule has 0 aliphatic heterocycles. The maximum Gasteiger partial charge on any atom is -0.0176 e. The van der Waals surface area contributed by atoms with Gasteiger partial charge in [0.15, 0.2) is 0 Å². The lowest BCUT2D eigenvalue weighted by Gasteiger charge is -2.34. The van der Waals surface area contributed by atoms with E-state index in [1.54, 1.807) is 0 Å². The predicted molar refractivity (Wildman–Crippen MR) is 62.0 cm³/mol. The first-order chi connectivity index (χ1) is 6.92. The van der Waals surface area contributed by atoms with Crippen molar-refractivity contribution in [3.63, 3.8) is 0 Å². The quantitative estimate of drug-likeness (QED) is 0.575. The minimum absolute atomic E-state index is 0.907. The van der Waals surface area contributed by atoms with Crippen LogP contribution in [-0.4, -0.2) is 0 Å². The summed E-state index contributed by atoms with van der Waals surface area (Å²) in [5.74, 6) is 3.83. The molecule has 0 nitrogen and oxygen atoms in total. The average molecular weight is 191 g/mol. The number of allylic oxidation sites excluding steroid dienone is 1. The van der Waals surface area contributed by atoms with Gasteiger partial charge in [-0.3, -0.25) is 0 Å². The molecule has 0 aromatic rings. The van der Waals surface area contributed by atoms with Crippen molar-refractivity contribution in [1.82, 2.24) is 0 Å². The van der Waals surface area contributed by atoms with E-state index in [-0.39, 0.29) is 0 Å². The molecule has 1 atom stereocenters. The Bertz CT molecular complexity index is 176. The first-order valence-electron chi connectivity index (χ1n) is 6.38. The van der Waals surface area contributed by atoms with Crippen LogP contribution in [0.1, 0.15) is 57.8 Å². The van der Waals surface area contributed by atoms with Crippen LogP contribution in [0.4, 0.5) is 0 Å². The van der Waals surface area contributed by atoms with Crippen LogP contribution < -0.4 is 0 Å². The molecule has 14 heavy (non-hydrogen) atoms. The van der Waals surface area contributed by atoms with Gasteiger partial charge in [0, 0.05) is 0 Å². The fourth-order valence-electron chi connectivity index (χ4n) is 3.41. The summed E-state index contributed by atoms with van der Waals surface area (Å²) in [5.41, 5.74) is 0. The van der Waals surface area contributed by atoms with Crippen molar-refractivity contribution >= 4 is 0 Å². The van der Waals surface area contributed by atoms with E-state index in [2.05, 4.69) is 12.7 Å². The maximum absolute atomic E-state index is 3.90. The Kier molecular flexibility index (Phi) is 3.67. The van der Waals surface area contributed by atoms with Crippen molar-refractivity contribution in [1.29, 1.82) is 0 Å². The highest BCUT2D eigenvalue weighted by atomic mass is 14.4. The summed E-state index contributed by atoms with van der Waals surface area (Å²) in [6.45, 7) is 3.90. The van der Waals surface area contributed by atoms with E-state index < -0.39 is 0 Å². The summed E-state index contributed by atoms with van der Waals surface area (Å²) in [6.07, 6.45) is 15.1. The summed E-state index contributed by atoms with van der Waals surface area (Å²) in [5, 5.41) is 0. The molecule has 2 rings (SSSR count). The summed E-state index contributed by atoms with van der Waals surface area (Å²) < 4.78 is 0. The molecule has 2 aliphatic rings. The Morgan fingerprint density at radius 1 is 1.07 bits per heavy atom. The summed E-state index contributed by atoms with van der Waals surface area (Å²) in [4.78, 5) is 0. The van der Waals surface area contributed by atoms with E-state index in [1.807, 2.05) is 5.92 Å². The zero-order chi connectivity index (χ0) is 9.80. The number of hydrogen-bond donors (Lipinski definition) is 0. The van der Waals surface area contributed by atoms with E-state index in [4.69, 9.17) is 0 Å². The van der Waals surface area contributed by atoms with Crippen molar-refractivity contribution in [2.75, 3.05) is 0 Å². The Hall–Kier alpha value is -0.260. The van der Waals surface area contributed by atoms with E-state index >= 15 is 0 Å². The van der Waals surface area contributed by atoms with Crippen LogP contribution in [0, 0.1) is 17.8 Å². The van der Waals surface area contributed by atoms with Gasteiger partial charge < -0.3 is 0 Å². The zero-order valence-corrected chi connectivity index (χ0v) is 9.30. The molecule has 0 amide bonds. The predicted octanol–water partition coefficient (Wildman–Crippen LogP) is 4.52. The largest absolute Gasteiger partial charge is 0.103 e. The lowest BCUT2D eigenvalue weighted by atomic mass is 9.70. The molecule has 2 aliphatic carbocycles. The Morgan fingerprint density at radius 2 is 1.79 bits per heavy atom. The minimum atomic E-state index is 0.907. The van der Waals surface area contributed by atoms with Gasteiger partial charge in [0.25, 0.3) is 0 Å². The molecule has 0 N–H and O–H groups in total. The monoisotopic (exact) mass is 191 g/mol. The minimum Gasteiger partial charge on any atom is -0.103 e. The third kappa shape index (κ3) is 2.21. The van der Waals surface area contributed by atoms with Gasteiger partial charge in [-0.05, 0) is 49.9 Å². The Balaban J connectivity index is 1.94. The lowest BCUT2D eigenvalue weighted by molar-refractivity contribution is 0.323. The second kappa shape index (κ2) is 5.00. The molecule has 2 fully saturated rings. The SMILES string of the molecule is C=CCC1CCCC[C]1C1CCCC1. The zero-order valence-electron chi connectivity index (χ0n) is 9.30. The van der Waals surface area contributed by atoms with E-state index in [0.717, 1.165) is 11.8 Å². The van der Waals surface area contributed by atoms with Crippen LogP contribution in [0.3, 0.4) is 0 Å². The van der Waals surface area contributed by atoms with Crippen molar-refractivity contribution in [2.24, 2.45) is 11.8 Å². The number of hydrogen-bond acceptors (Lipinski definition) is 0. The van der Waals surface area contributed by atoms with Gasteiger partial charge in [0.2, 0.25) is 0 Å². The van der Waals surface area contributed by atoms with Crippen LogP contribution in [0.5, 0.6) is 0 Å². The Morgan fingerprint density at radius 3 is 2.50 bits per heavy atom. The Labute approximate surface area is 88.8 Å². The maximum atomic E-state index is 3.90. The smallest absolute Gasteiger partial charge is 0.0176 e. The van der Waals surface area contributed by atoms with Crippen molar-refractivity contribution in [3.8, 4) is 0 Å². The molecular weight excluding hydrogens is 168 g/mol. The van der Waals surface area contributed by atoms with Gasteiger partial charge in [-0.2, -0.15) is 0 Å². The molecule has 1 unspecified atom stereocenters. The van der Waals surface area contributed by atoms with Crippen LogP contribution in [0.15, 0.2) is 12.7 Å². The number of rotatable bonds is 3. The van der Waals surface area contributed by atoms with Gasteiger partial charge >= 0.3 is 0 Å². The molecule has 2 saturated carbocycles. The summed E-state index contributed by atoms with van der Waals surface area (Å²) >= 11 is 0.